The molecule has 4 aliphatic rings. The highest BCUT2D eigenvalue weighted by atomic mass is 16.7. The van der Waals surface area contributed by atoms with Gasteiger partial charge in [0.25, 0.3) is 0 Å². The van der Waals surface area contributed by atoms with Gasteiger partial charge < -0.3 is 33.9 Å². The largest absolute Gasteiger partial charge is 0.463 e. The first-order chi connectivity index (χ1) is 21.1. The summed E-state index contributed by atoms with van der Waals surface area (Å²) in [5.74, 6) is -0.748. The molecule has 10 nitrogen and oxygen atoms in total. The van der Waals surface area contributed by atoms with E-state index in [1.165, 1.54) is 25.7 Å². The van der Waals surface area contributed by atoms with Crippen LogP contribution in [0.4, 0.5) is 0 Å². The van der Waals surface area contributed by atoms with Gasteiger partial charge in [0, 0.05) is 37.7 Å². The normalized spacial score (nSPS) is 40.4. The first-order valence-electron chi connectivity index (χ1n) is 17.4. The van der Waals surface area contributed by atoms with Gasteiger partial charge in [0.15, 0.2) is 12.1 Å². The molecule has 0 bridgehead atoms. The Hall–Kier alpha value is -1.14. The van der Waals surface area contributed by atoms with Gasteiger partial charge in [-0.25, -0.2) is 0 Å². The third-order valence-electron chi connectivity index (χ3n) is 11.3. The van der Waals surface area contributed by atoms with Crippen molar-refractivity contribution in [3.63, 3.8) is 0 Å². The van der Waals surface area contributed by atoms with Crippen LogP contribution < -0.4 is 0 Å². The Bertz CT molecular complexity index is 998. The second-order valence-corrected chi connectivity index (χ2v) is 15.9. The summed E-state index contributed by atoms with van der Waals surface area (Å²) < 4.78 is 25.1. The van der Waals surface area contributed by atoms with Gasteiger partial charge >= 0.3 is 5.97 Å². The third-order valence-corrected chi connectivity index (χ3v) is 11.3. The molecular weight excluding hydrogens is 574 g/mol. The maximum Gasteiger partial charge on any atom is 0.319 e. The second kappa shape index (κ2) is 15.0. The molecule has 1 aliphatic carbocycles. The second-order valence-electron chi connectivity index (χ2n) is 15.9. The molecule has 1 N–H and O–H groups in total. The van der Waals surface area contributed by atoms with Crippen LogP contribution >= 0.6 is 0 Å². The van der Waals surface area contributed by atoms with Crippen molar-refractivity contribution in [2.75, 3.05) is 54.5 Å². The lowest BCUT2D eigenvalue weighted by molar-refractivity contribution is -0.295. The molecule has 0 aromatic heterocycles. The molecular formula is C35H63N3O7. The average molecular weight is 638 g/mol. The van der Waals surface area contributed by atoms with Crippen molar-refractivity contribution in [1.82, 2.24) is 14.7 Å². The molecule has 1 saturated carbocycles. The number of likely N-dealkylation sites (tertiary alicyclic amines) is 1. The Morgan fingerprint density at radius 3 is 2.27 bits per heavy atom. The number of cyclic esters (lactones) is 1. The molecule has 0 spiro atoms. The summed E-state index contributed by atoms with van der Waals surface area (Å²) in [6.07, 6.45) is 4.50. The summed E-state index contributed by atoms with van der Waals surface area (Å²) in [6, 6.07) is 0.704. The number of carbonyl (C=O) groups excluding carboxylic acids is 2. The minimum Gasteiger partial charge on any atom is -0.463 e. The van der Waals surface area contributed by atoms with Crippen LogP contribution in [0.1, 0.15) is 86.5 Å². The number of Topliss-reactive ketones (excluding diaryl/α,β-unsaturated/α-hetero) is 1. The van der Waals surface area contributed by atoms with E-state index in [0.717, 1.165) is 32.1 Å². The topological polar surface area (TPSA) is 101 Å². The third kappa shape index (κ3) is 8.67. The molecule has 0 amide bonds. The number of nitrogens with zero attached hydrogens (tertiary/aromatic N) is 3. The number of hydrogen-bond donors (Lipinski definition) is 1. The zero-order valence-electron chi connectivity index (χ0n) is 29.8. The van der Waals surface area contributed by atoms with Crippen molar-refractivity contribution < 1.29 is 33.6 Å². The molecule has 0 radical (unpaired) electrons. The number of hydrogen-bond acceptors (Lipinski definition) is 10. The van der Waals surface area contributed by atoms with E-state index in [1.807, 2.05) is 32.8 Å². The fourth-order valence-electron chi connectivity index (χ4n) is 8.22. The summed E-state index contributed by atoms with van der Waals surface area (Å²) >= 11 is 0. The number of esters is 1. The maximum atomic E-state index is 14.2. The summed E-state index contributed by atoms with van der Waals surface area (Å²) in [7, 11) is 7.65. The molecule has 3 aliphatic heterocycles. The smallest absolute Gasteiger partial charge is 0.319 e. The molecule has 3 heterocycles. The predicted molar refractivity (Wildman–Crippen MR) is 174 cm³/mol. The fourth-order valence-corrected chi connectivity index (χ4v) is 8.22. The van der Waals surface area contributed by atoms with E-state index in [-0.39, 0.29) is 36.5 Å². The van der Waals surface area contributed by atoms with Crippen molar-refractivity contribution in [2.24, 2.45) is 23.2 Å². The average Bonchev–Trinajstić information content (AvgIpc) is 3.83. The lowest BCUT2D eigenvalue weighted by atomic mass is 9.74. The van der Waals surface area contributed by atoms with E-state index in [4.69, 9.17) is 18.9 Å². The number of piperidine rings is 1. The van der Waals surface area contributed by atoms with Crippen LogP contribution in [0.2, 0.25) is 0 Å². The number of carbonyl (C=O) groups is 2. The first kappa shape index (κ1) is 36.7. The van der Waals surface area contributed by atoms with Crippen LogP contribution in [0.3, 0.4) is 0 Å². The van der Waals surface area contributed by atoms with Crippen molar-refractivity contribution in [1.29, 1.82) is 0 Å². The monoisotopic (exact) mass is 637 g/mol. The number of ether oxygens (including phenoxy) is 4. The van der Waals surface area contributed by atoms with Gasteiger partial charge in [0.1, 0.15) is 18.1 Å². The van der Waals surface area contributed by atoms with Crippen LogP contribution in [-0.4, -0.2) is 134 Å². The standard InChI is InChI=1S/C35H63N3O7/c1-22-19-35(6,42-10)31(45-32-29(39)28(36(7)8)17-23(2)44-32)24(3)30(40)34(4,5)33(41)43-21-27(37(9)20-22)18-25-13-15-38(16-14-25)26-11-12-26/h22-29,31-32,39H,11-21H2,1-10H3/t22-,23-,24+,27+,28+,29-,31-,32+,35-/m1/s1. The van der Waals surface area contributed by atoms with E-state index in [1.54, 1.807) is 27.9 Å². The highest BCUT2D eigenvalue weighted by molar-refractivity contribution is 6.04. The quantitative estimate of drug-likeness (QED) is 0.329. The number of methoxy groups -OCH3 is 1. The predicted octanol–water partition coefficient (Wildman–Crippen LogP) is 3.58. The molecule has 0 aromatic rings. The SMILES string of the molecule is CO[C@]1(C)C[C@@H](C)CN(C)[C@@H](CC2CCN(C3CC3)CC2)COC(=O)C(C)(C)C(=O)[C@H](C)[C@H]1O[C@@H]1O[C@H](C)C[C@H](N(C)C)[C@H]1O. The first-order valence-corrected chi connectivity index (χ1v) is 17.4. The Kier molecular flexibility index (Phi) is 12.2. The molecule has 0 unspecified atom stereocenters. The van der Waals surface area contributed by atoms with Crippen molar-refractivity contribution in [3.05, 3.63) is 0 Å². The molecule has 3 saturated heterocycles. The number of aliphatic hydroxyl groups is 1. The number of rotatable bonds is 7. The van der Waals surface area contributed by atoms with E-state index < -0.39 is 41.4 Å². The minimum atomic E-state index is -1.39. The van der Waals surface area contributed by atoms with Gasteiger partial charge in [-0.1, -0.05) is 13.8 Å². The fraction of sp³-hybridized carbons (Fsp3) is 0.943. The summed E-state index contributed by atoms with van der Waals surface area (Å²) in [4.78, 5) is 34.8. The Morgan fingerprint density at radius 2 is 1.69 bits per heavy atom. The molecule has 45 heavy (non-hydrogen) atoms. The maximum absolute atomic E-state index is 14.2. The molecule has 0 aromatic carbocycles. The van der Waals surface area contributed by atoms with Crippen LogP contribution in [0.25, 0.3) is 0 Å². The lowest BCUT2D eigenvalue weighted by Gasteiger charge is -2.47. The highest BCUT2D eigenvalue weighted by Crippen LogP contribution is 2.39. The van der Waals surface area contributed by atoms with Crippen LogP contribution in [0.15, 0.2) is 0 Å². The van der Waals surface area contributed by atoms with E-state index in [2.05, 4.69) is 23.8 Å². The molecule has 9 atom stereocenters. The lowest BCUT2D eigenvalue weighted by Crippen LogP contribution is -2.59. The Labute approximate surface area is 272 Å². The Balaban J connectivity index is 1.58. The summed E-state index contributed by atoms with van der Waals surface area (Å²) in [6.45, 7) is 14.6. The molecule has 10 heteroatoms. The van der Waals surface area contributed by atoms with Crippen molar-refractivity contribution in [3.8, 4) is 0 Å². The van der Waals surface area contributed by atoms with E-state index >= 15 is 0 Å². The summed E-state index contributed by atoms with van der Waals surface area (Å²) in [5.41, 5.74) is -2.29. The zero-order valence-corrected chi connectivity index (χ0v) is 29.8. The zero-order chi connectivity index (χ0) is 33.3. The van der Waals surface area contributed by atoms with E-state index in [0.29, 0.717) is 18.8 Å². The van der Waals surface area contributed by atoms with Crippen LogP contribution in [0.5, 0.6) is 0 Å². The highest BCUT2D eigenvalue weighted by Gasteiger charge is 2.51. The minimum absolute atomic E-state index is 0.0639. The van der Waals surface area contributed by atoms with Crippen molar-refractivity contribution in [2.45, 2.75) is 135 Å². The van der Waals surface area contributed by atoms with Gasteiger partial charge in [-0.15, -0.1) is 0 Å². The van der Waals surface area contributed by atoms with Crippen LogP contribution in [-0.2, 0) is 28.5 Å². The van der Waals surface area contributed by atoms with Gasteiger partial charge in [-0.3, -0.25) is 14.5 Å². The number of aliphatic hydroxyl groups excluding tert-OH is 1. The van der Waals surface area contributed by atoms with E-state index in [9.17, 15) is 14.7 Å². The van der Waals surface area contributed by atoms with Gasteiger partial charge in [0.2, 0.25) is 0 Å². The van der Waals surface area contributed by atoms with Gasteiger partial charge in [-0.05, 0) is 119 Å². The van der Waals surface area contributed by atoms with Gasteiger partial charge in [-0.2, -0.15) is 0 Å². The molecule has 260 valence electrons. The number of ketones is 1. The molecule has 4 rings (SSSR count). The van der Waals surface area contributed by atoms with Gasteiger partial charge in [0.05, 0.1) is 17.8 Å². The summed E-state index contributed by atoms with van der Waals surface area (Å²) in [5, 5.41) is 11.3. The Morgan fingerprint density at radius 1 is 1.04 bits per heavy atom. The van der Waals surface area contributed by atoms with Crippen molar-refractivity contribution >= 4 is 11.8 Å². The molecule has 4 fully saturated rings. The number of likely N-dealkylation sites (N-methyl/N-ethyl adjacent to an activating group) is 2. The van der Waals surface area contributed by atoms with Crippen LogP contribution in [0, 0.1) is 23.2 Å².